The molecule has 1 amide bonds. The lowest BCUT2D eigenvalue weighted by molar-refractivity contribution is -0.114. The van der Waals surface area contributed by atoms with Gasteiger partial charge in [0.05, 0.1) is 10.6 Å². The van der Waals surface area contributed by atoms with E-state index in [9.17, 15) is 13.2 Å². The highest BCUT2D eigenvalue weighted by Gasteiger charge is 2.17. The van der Waals surface area contributed by atoms with Crippen molar-refractivity contribution in [3.8, 4) is 0 Å². The third kappa shape index (κ3) is 5.90. The van der Waals surface area contributed by atoms with E-state index in [1.165, 1.54) is 36.7 Å². The van der Waals surface area contributed by atoms with E-state index in [1.54, 1.807) is 12.1 Å². The molecule has 0 saturated carbocycles. The van der Waals surface area contributed by atoms with Gasteiger partial charge >= 0.3 is 0 Å². The van der Waals surface area contributed by atoms with Crippen molar-refractivity contribution < 1.29 is 13.2 Å². The predicted octanol–water partition coefficient (Wildman–Crippen LogP) is 3.31. The molecule has 0 aliphatic carbocycles. The van der Waals surface area contributed by atoms with Crippen molar-refractivity contribution in [1.82, 2.24) is 9.29 Å². The van der Waals surface area contributed by atoms with Gasteiger partial charge in [-0.25, -0.2) is 17.7 Å². The first-order valence-electron chi connectivity index (χ1n) is 9.77. The van der Waals surface area contributed by atoms with Crippen LogP contribution in [0.5, 0.6) is 0 Å². The average molecular weight is 459 g/mol. The molecular weight excluding hydrogens is 432 g/mol. The van der Waals surface area contributed by atoms with Crippen LogP contribution in [0.2, 0.25) is 0 Å². The highest BCUT2D eigenvalue weighted by molar-refractivity contribution is 7.89. The summed E-state index contributed by atoms with van der Waals surface area (Å²) in [5.41, 5.74) is 9.55. The van der Waals surface area contributed by atoms with Crippen LogP contribution in [0, 0.1) is 0 Å². The van der Waals surface area contributed by atoms with Crippen LogP contribution in [-0.2, 0) is 34.1 Å². The average Bonchev–Trinajstić information content (AvgIpc) is 3.08. The number of carbonyl (C=O) groups excluding carboxylic acids is 1. The maximum atomic E-state index is 12.3. The van der Waals surface area contributed by atoms with Crippen LogP contribution >= 0.6 is 11.3 Å². The zero-order valence-electron chi connectivity index (χ0n) is 17.8. The lowest BCUT2D eigenvalue weighted by atomic mass is 10.0. The highest BCUT2D eigenvalue weighted by Crippen LogP contribution is 2.27. The summed E-state index contributed by atoms with van der Waals surface area (Å²) in [4.78, 5) is 17.4. The molecule has 7 nitrogen and oxygen atoms in total. The number of thiazole rings is 1. The Labute approximate surface area is 187 Å². The molecule has 3 rings (SSSR count). The van der Waals surface area contributed by atoms with Gasteiger partial charge in [-0.15, -0.1) is 11.3 Å². The second-order valence-electron chi connectivity index (χ2n) is 7.42. The van der Waals surface area contributed by atoms with E-state index in [0.29, 0.717) is 11.6 Å². The Morgan fingerprint density at radius 1 is 1.03 bits per heavy atom. The number of hydrogen-bond donors (Lipinski definition) is 2. The summed E-state index contributed by atoms with van der Waals surface area (Å²) in [6.07, 6.45) is 2.13. The number of anilines is 2. The number of rotatable bonds is 8. The van der Waals surface area contributed by atoms with Gasteiger partial charge in [-0.05, 0) is 48.2 Å². The fourth-order valence-electron chi connectivity index (χ4n) is 3.04. The minimum Gasteiger partial charge on any atom is -0.399 e. The van der Waals surface area contributed by atoms with Crippen LogP contribution in [-0.4, -0.2) is 37.7 Å². The monoisotopic (exact) mass is 458 g/mol. The van der Waals surface area contributed by atoms with Crippen LogP contribution < -0.4 is 11.1 Å². The van der Waals surface area contributed by atoms with Gasteiger partial charge in [-0.3, -0.25) is 4.79 Å². The van der Waals surface area contributed by atoms with Gasteiger partial charge in [-0.1, -0.05) is 24.3 Å². The van der Waals surface area contributed by atoms with Crippen LogP contribution in [0.1, 0.15) is 28.6 Å². The lowest BCUT2D eigenvalue weighted by Gasteiger charge is -2.11. The maximum absolute atomic E-state index is 12.3. The topological polar surface area (TPSA) is 105 Å². The standard InChI is InChI=1S/C22H26N4O3S2/c1-15(27)24-22-25-20(13-8-16-4-9-18(23)10-5-16)21(30-22)14-17-6-11-19(12-7-17)31(28,29)26(2)3/h4-7,9-12H,8,13-14,23H2,1-3H3,(H,24,25,27). The summed E-state index contributed by atoms with van der Waals surface area (Å²) >= 11 is 1.45. The number of benzene rings is 2. The zero-order chi connectivity index (χ0) is 22.6. The molecule has 0 spiro atoms. The van der Waals surface area contributed by atoms with Crippen LogP contribution in [0.15, 0.2) is 53.4 Å². The quantitative estimate of drug-likeness (QED) is 0.504. The second-order valence-corrected chi connectivity index (χ2v) is 10.7. The first-order valence-corrected chi connectivity index (χ1v) is 12.0. The van der Waals surface area contributed by atoms with Crippen LogP contribution in [0.4, 0.5) is 10.8 Å². The van der Waals surface area contributed by atoms with Crippen LogP contribution in [0.3, 0.4) is 0 Å². The summed E-state index contributed by atoms with van der Waals surface area (Å²) < 4.78 is 25.7. The summed E-state index contributed by atoms with van der Waals surface area (Å²) in [5.74, 6) is -0.163. The molecule has 0 atom stereocenters. The summed E-state index contributed by atoms with van der Waals surface area (Å²) in [5, 5.41) is 3.34. The molecular formula is C22H26N4O3S2. The van der Waals surface area contributed by atoms with Gasteiger partial charge in [0.2, 0.25) is 15.9 Å². The van der Waals surface area contributed by atoms with Gasteiger partial charge in [0.15, 0.2) is 5.13 Å². The van der Waals surface area contributed by atoms with E-state index >= 15 is 0 Å². The molecule has 0 bridgehead atoms. The highest BCUT2D eigenvalue weighted by atomic mass is 32.2. The molecule has 31 heavy (non-hydrogen) atoms. The zero-order valence-corrected chi connectivity index (χ0v) is 19.4. The van der Waals surface area contributed by atoms with Gasteiger partial charge in [0.25, 0.3) is 0 Å². The number of sulfonamides is 1. The molecule has 3 N–H and O–H groups in total. The minimum absolute atomic E-state index is 0.163. The van der Waals surface area contributed by atoms with Crippen molar-refractivity contribution in [3.63, 3.8) is 0 Å². The van der Waals surface area contributed by atoms with E-state index in [2.05, 4.69) is 10.3 Å². The van der Waals surface area contributed by atoms with Crippen molar-refractivity contribution in [2.45, 2.75) is 31.1 Å². The Morgan fingerprint density at radius 3 is 2.23 bits per heavy atom. The van der Waals surface area contributed by atoms with Crippen LogP contribution in [0.25, 0.3) is 0 Å². The Balaban J connectivity index is 1.81. The molecule has 0 aliphatic rings. The summed E-state index contributed by atoms with van der Waals surface area (Å²) in [6, 6.07) is 14.6. The Kier molecular flexibility index (Phi) is 7.09. The van der Waals surface area contributed by atoms with E-state index in [4.69, 9.17) is 5.73 Å². The third-order valence-corrected chi connectivity index (χ3v) is 7.60. The Bertz CT molecular complexity index is 1150. The molecule has 0 unspecified atom stereocenters. The Hall–Kier alpha value is -2.75. The molecule has 0 saturated heterocycles. The van der Waals surface area contributed by atoms with Crippen molar-refractivity contribution in [2.24, 2.45) is 0 Å². The smallest absolute Gasteiger partial charge is 0.242 e. The maximum Gasteiger partial charge on any atom is 0.242 e. The second kappa shape index (κ2) is 9.59. The number of nitrogens with zero attached hydrogens (tertiary/aromatic N) is 2. The molecule has 2 aromatic carbocycles. The van der Waals surface area contributed by atoms with E-state index in [1.807, 2.05) is 36.4 Å². The molecule has 0 fully saturated rings. The van der Waals surface area contributed by atoms with E-state index < -0.39 is 10.0 Å². The summed E-state index contributed by atoms with van der Waals surface area (Å²) in [6.45, 7) is 1.46. The fraction of sp³-hybridized carbons (Fsp3) is 0.273. The van der Waals surface area contributed by atoms with Gasteiger partial charge in [-0.2, -0.15) is 0 Å². The number of aryl methyl sites for hydroxylation is 2. The number of nitrogen functional groups attached to an aromatic ring is 1. The number of hydrogen-bond acceptors (Lipinski definition) is 6. The van der Waals surface area contributed by atoms with Gasteiger partial charge < -0.3 is 11.1 Å². The number of carbonyl (C=O) groups is 1. The first-order chi connectivity index (χ1) is 14.6. The largest absolute Gasteiger partial charge is 0.399 e. The lowest BCUT2D eigenvalue weighted by Crippen LogP contribution is -2.22. The number of aromatic nitrogens is 1. The molecule has 0 radical (unpaired) electrons. The van der Waals surface area contributed by atoms with Crippen molar-refractivity contribution in [1.29, 1.82) is 0 Å². The Morgan fingerprint density at radius 2 is 1.65 bits per heavy atom. The number of amides is 1. The fourth-order valence-corrected chi connectivity index (χ4v) is 5.03. The minimum atomic E-state index is -3.46. The normalized spacial score (nSPS) is 11.6. The third-order valence-electron chi connectivity index (χ3n) is 4.76. The molecule has 0 aliphatic heterocycles. The van der Waals surface area contributed by atoms with Crippen molar-refractivity contribution >= 4 is 38.1 Å². The van der Waals surface area contributed by atoms with Gasteiger partial charge in [0.1, 0.15) is 0 Å². The molecule has 9 heteroatoms. The van der Waals surface area contributed by atoms with Crippen molar-refractivity contribution in [3.05, 3.63) is 70.2 Å². The van der Waals surface area contributed by atoms with E-state index in [0.717, 1.165) is 40.2 Å². The SMILES string of the molecule is CC(=O)Nc1nc(CCc2ccc(N)cc2)c(Cc2ccc(S(=O)(=O)N(C)C)cc2)s1. The predicted molar refractivity (Wildman–Crippen MR) is 125 cm³/mol. The number of nitrogens with one attached hydrogen (secondary N) is 1. The molecule has 1 aromatic heterocycles. The van der Waals surface area contributed by atoms with Gasteiger partial charge in [0, 0.05) is 38.0 Å². The van der Waals surface area contributed by atoms with Crippen molar-refractivity contribution in [2.75, 3.05) is 25.1 Å². The molecule has 164 valence electrons. The molecule has 3 aromatic rings. The summed E-state index contributed by atoms with van der Waals surface area (Å²) in [7, 11) is -0.436. The number of nitrogens with two attached hydrogens (primary N) is 1. The first kappa shape index (κ1) is 22.9. The van der Waals surface area contributed by atoms with E-state index in [-0.39, 0.29) is 10.8 Å². The molecule has 1 heterocycles.